The van der Waals surface area contributed by atoms with Gasteiger partial charge in [0, 0.05) is 10.8 Å². The molecule has 0 radical (unpaired) electrons. The standard InChI is InChI=1S/C15H10Cl2N4/c16-13-6-5-10(7-14(13)17)8-18-20-15-12-4-2-1-3-11(12)9-19-21-15/h1-9H,(H,20,21)/b18-8-. The van der Waals surface area contributed by atoms with E-state index in [-0.39, 0.29) is 0 Å². The molecule has 0 atom stereocenters. The van der Waals surface area contributed by atoms with Crippen LogP contribution in [-0.2, 0) is 0 Å². The summed E-state index contributed by atoms with van der Waals surface area (Å²) in [7, 11) is 0. The van der Waals surface area contributed by atoms with Crippen LogP contribution in [0.5, 0.6) is 0 Å². The van der Waals surface area contributed by atoms with Gasteiger partial charge in [-0.05, 0) is 17.7 Å². The van der Waals surface area contributed by atoms with E-state index in [2.05, 4.69) is 20.7 Å². The van der Waals surface area contributed by atoms with Crippen LogP contribution in [0, 0.1) is 0 Å². The second kappa shape index (κ2) is 6.08. The van der Waals surface area contributed by atoms with Gasteiger partial charge < -0.3 is 0 Å². The van der Waals surface area contributed by atoms with Crippen molar-refractivity contribution in [3.8, 4) is 0 Å². The summed E-state index contributed by atoms with van der Waals surface area (Å²) in [6.07, 6.45) is 3.36. The number of benzene rings is 2. The van der Waals surface area contributed by atoms with Crippen LogP contribution in [-0.4, -0.2) is 16.4 Å². The fraction of sp³-hybridized carbons (Fsp3) is 0. The molecule has 0 spiro atoms. The average molecular weight is 317 g/mol. The van der Waals surface area contributed by atoms with Gasteiger partial charge in [-0.25, -0.2) is 0 Å². The second-order valence-corrected chi connectivity index (χ2v) is 5.14. The molecule has 6 heteroatoms. The van der Waals surface area contributed by atoms with Crippen LogP contribution in [0.3, 0.4) is 0 Å². The van der Waals surface area contributed by atoms with E-state index in [4.69, 9.17) is 23.2 Å². The molecule has 0 aliphatic rings. The maximum absolute atomic E-state index is 5.95. The number of anilines is 1. The summed E-state index contributed by atoms with van der Waals surface area (Å²) in [4.78, 5) is 0. The molecule has 0 fully saturated rings. The van der Waals surface area contributed by atoms with E-state index in [9.17, 15) is 0 Å². The van der Waals surface area contributed by atoms with Crippen molar-refractivity contribution in [2.24, 2.45) is 5.10 Å². The zero-order valence-electron chi connectivity index (χ0n) is 10.8. The number of aromatic nitrogens is 2. The molecule has 0 saturated heterocycles. The van der Waals surface area contributed by atoms with Crippen LogP contribution in [0.2, 0.25) is 10.0 Å². The van der Waals surface area contributed by atoms with Crippen molar-refractivity contribution in [3.05, 3.63) is 64.3 Å². The van der Waals surface area contributed by atoms with Gasteiger partial charge in [0.05, 0.1) is 22.5 Å². The lowest BCUT2D eigenvalue weighted by atomic mass is 10.2. The van der Waals surface area contributed by atoms with Crippen molar-refractivity contribution in [1.29, 1.82) is 0 Å². The Labute approximate surface area is 131 Å². The quantitative estimate of drug-likeness (QED) is 0.576. The van der Waals surface area contributed by atoms with E-state index < -0.39 is 0 Å². The summed E-state index contributed by atoms with van der Waals surface area (Å²) in [5.41, 5.74) is 3.73. The molecule has 0 saturated carbocycles. The first-order valence-corrected chi connectivity index (χ1v) is 6.94. The minimum atomic E-state index is 0.491. The van der Waals surface area contributed by atoms with Crippen LogP contribution < -0.4 is 5.43 Å². The Morgan fingerprint density at radius 1 is 1.05 bits per heavy atom. The normalized spacial score (nSPS) is 11.1. The number of hydrogen-bond acceptors (Lipinski definition) is 4. The van der Waals surface area contributed by atoms with Crippen molar-refractivity contribution < 1.29 is 0 Å². The maximum Gasteiger partial charge on any atom is 0.176 e. The topological polar surface area (TPSA) is 50.2 Å². The zero-order chi connectivity index (χ0) is 14.7. The fourth-order valence-electron chi connectivity index (χ4n) is 1.87. The fourth-order valence-corrected chi connectivity index (χ4v) is 2.18. The Morgan fingerprint density at radius 2 is 1.90 bits per heavy atom. The monoisotopic (exact) mass is 316 g/mol. The molecule has 4 nitrogen and oxygen atoms in total. The van der Waals surface area contributed by atoms with Crippen molar-refractivity contribution in [2.45, 2.75) is 0 Å². The van der Waals surface area contributed by atoms with E-state index in [1.807, 2.05) is 30.3 Å². The highest BCUT2D eigenvalue weighted by molar-refractivity contribution is 6.42. The van der Waals surface area contributed by atoms with Crippen molar-refractivity contribution in [3.63, 3.8) is 0 Å². The van der Waals surface area contributed by atoms with Gasteiger partial charge in [0.15, 0.2) is 5.82 Å². The third-order valence-corrected chi connectivity index (χ3v) is 3.64. The molecule has 3 rings (SSSR count). The van der Waals surface area contributed by atoms with Crippen LogP contribution in [0.15, 0.2) is 53.8 Å². The third kappa shape index (κ3) is 3.12. The van der Waals surface area contributed by atoms with E-state index in [1.165, 1.54) is 0 Å². The summed E-state index contributed by atoms with van der Waals surface area (Å²) in [5.74, 6) is 0.601. The van der Waals surface area contributed by atoms with Crippen LogP contribution in [0.25, 0.3) is 10.8 Å². The Bertz CT molecular complexity index is 812. The van der Waals surface area contributed by atoms with Gasteiger partial charge in [-0.3, -0.25) is 5.43 Å². The molecule has 0 unspecified atom stereocenters. The van der Waals surface area contributed by atoms with Gasteiger partial charge in [-0.15, -0.1) is 5.10 Å². The smallest absolute Gasteiger partial charge is 0.176 e. The number of nitrogens with one attached hydrogen (secondary N) is 1. The summed E-state index contributed by atoms with van der Waals surface area (Å²) < 4.78 is 0. The number of hydrazone groups is 1. The zero-order valence-corrected chi connectivity index (χ0v) is 12.3. The molecule has 1 N–H and O–H groups in total. The SMILES string of the molecule is Clc1ccc(/C=N\Nc2nncc3ccccc23)cc1Cl. The highest BCUT2D eigenvalue weighted by Gasteiger charge is 2.01. The maximum atomic E-state index is 5.95. The molecule has 3 aromatic rings. The highest BCUT2D eigenvalue weighted by Crippen LogP contribution is 2.22. The van der Waals surface area contributed by atoms with Gasteiger partial charge in [0.25, 0.3) is 0 Å². The molecule has 0 bridgehead atoms. The van der Waals surface area contributed by atoms with Crippen LogP contribution in [0.1, 0.15) is 5.56 Å². The molecule has 0 aliphatic carbocycles. The molecule has 104 valence electrons. The molecule has 1 heterocycles. The van der Waals surface area contributed by atoms with Crippen molar-refractivity contribution in [1.82, 2.24) is 10.2 Å². The third-order valence-electron chi connectivity index (χ3n) is 2.90. The minimum absolute atomic E-state index is 0.491. The lowest BCUT2D eigenvalue weighted by Gasteiger charge is -2.03. The first-order valence-electron chi connectivity index (χ1n) is 6.18. The molecular weight excluding hydrogens is 307 g/mol. The van der Waals surface area contributed by atoms with E-state index in [0.717, 1.165) is 16.3 Å². The Morgan fingerprint density at radius 3 is 2.76 bits per heavy atom. The molecule has 1 aromatic heterocycles. The number of hydrogen-bond donors (Lipinski definition) is 1. The number of fused-ring (bicyclic) bond motifs is 1. The number of rotatable bonds is 3. The second-order valence-electron chi connectivity index (χ2n) is 4.32. The van der Waals surface area contributed by atoms with Gasteiger partial charge in [0.2, 0.25) is 0 Å². The first-order chi connectivity index (χ1) is 10.2. The largest absolute Gasteiger partial charge is 0.259 e. The Kier molecular flexibility index (Phi) is 3.99. The van der Waals surface area contributed by atoms with Crippen molar-refractivity contribution >= 4 is 46.0 Å². The van der Waals surface area contributed by atoms with Gasteiger partial charge in [-0.2, -0.15) is 10.2 Å². The molecule has 0 amide bonds. The highest BCUT2D eigenvalue weighted by atomic mass is 35.5. The molecule has 0 aliphatic heterocycles. The van der Waals surface area contributed by atoms with E-state index in [1.54, 1.807) is 24.5 Å². The summed E-state index contributed by atoms with van der Waals surface area (Å²) in [5, 5.41) is 15.1. The average Bonchev–Trinajstić information content (AvgIpc) is 2.51. The molecule has 21 heavy (non-hydrogen) atoms. The van der Waals surface area contributed by atoms with E-state index >= 15 is 0 Å². The predicted molar refractivity (Wildman–Crippen MR) is 87.2 cm³/mol. The van der Waals surface area contributed by atoms with Gasteiger partial charge in [-0.1, -0.05) is 53.5 Å². The number of nitrogens with zero attached hydrogens (tertiary/aromatic N) is 3. The molecular formula is C15H10Cl2N4. The van der Waals surface area contributed by atoms with Gasteiger partial charge >= 0.3 is 0 Å². The van der Waals surface area contributed by atoms with Crippen LogP contribution in [0.4, 0.5) is 5.82 Å². The minimum Gasteiger partial charge on any atom is -0.259 e. The first kappa shape index (κ1) is 13.8. The van der Waals surface area contributed by atoms with Gasteiger partial charge in [0.1, 0.15) is 0 Å². The summed E-state index contributed by atoms with van der Waals surface area (Å²) in [6.45, 7) is 0. The Hall–Kier alpha value is -2.17. The predicted octanol–water partition coefficient (Wildman–Crippen LogP) is 4.38. The lowest BCUT2D eigenvalue weighted by Crippen LogP contribution is -1.96. The lowest BCUT2D eigenvalue weighted by molar-refractivity contribution is 1.04. The molecule has 2 aromatic carbocycles. The van der Waals surface area contributed by atoms with E-state index in [0.29, 0.717) is 15.9 Å². The number of halogens is 2. The van der Waals surface area contributed by atoms with Crippen molar-refractivity contribution in [2.75, 3.05) is 5.43 Å². The summed E-state index contributed by atoms with van der Waals surface area (Å²) in [6, 6.07) is 13.1. The van der Waals surface area contributed by atoms with Crippen LogP contribution >= 0.6 is 23.2 Å². The Balaban J connectivity index is 1.83. The summed E-state index contributed by atoms with van der Waals surface area (Å²) >= 11 is 11.8.